The van der Waals surface area contributed by atoms with Gasteiger partial charge in [-0.3, -0.25) is 9.78 Å². The lowest BCUT2D eigenvalue weighted by Crippen LogP contribution is -2.21. The summed E-state index contributed by atoms with van der Waals surface area (Å²) in [5, 5.41) is 2.86. The lowest BCUT2D eigenvalue weighted by Gasteiger charge is -2.02. The predicted molar refractivity (Wildman–Crippen MR) is 67.6 cm³/mol. The van der Waals surface area contributed by atoms with Gasteiger partial charge in [0.1, 0.15) is 0 Å². The Morgan fingerprint density at radius 2 is 2.06 bits per heavy atom. The standard InChI is InChI=1S/C12H13N3OS/c13-7-10-1-2-11(17-10)12(16)15-8-9-3-5-14-6-4-9/h1-6H,7-8,13H2,(H,15,16). The Morgan fingerprint density at radius 1 is 1.29 bits per heavy atom. The van der Waals surface area contributed by atoms with Crippen molar-refractivity contribution in [2.75, 3.05) is 0 Å². The number of aromatic nitrogens is 1. The van der Waals surface area contributed by atoms with Gasteiger partial charge in [-0.15, -0.1) is 11.3 Å². The van der Waals surface area contributed by atoms with Gasteiger partial charge in [0, 0.05) is 30.4 Å². The van der Waals surface area contributed by atoms with E-state index in [0.29, 0.717) is 18.0 Å². The van der Waals surface area contributed by atoms with Gasteiger partial charge in [0.2, 0.25) is 0 Å². The molecule has 0 aromatic carbocycles. The summed E-state index contributed by atoms with van der Waals surface area (Å²) < 4.78 is 0. The monoisotopic (exact) mass is 247 g/mol. The molecule has 0 aliphatic heterocycles. The van der Waals surface area contributed by atoms with Crippen molar-refractivity contribution in [3.8, 4) is 0 Å². The van der Waals surface area contributed by atoms with Crippen LogP contribution >= 0.6 is 11.3 Å². The van der Waals surface area contributed by atoms with Crippen LogP contribution in [0.5, 0.6) is 0 Å². The molecule has 1 amide bonds. The van der Waals surface area contributed by atoms with Crippen molar-refractivity contribution < 1.29 is 4.79 Å². The molecule has 2 aromatic heterocycles. The van der Waals surface area contributed by atoms with E-state index >= 15 is 0 Å². The van der Waals surface area contributed by atoms with Crippen molar-refractivity contribution in [3.63, 3.8) is 0 Å². The molecule has 0 saturated heterocycles. The largest absolute Gasteiger partial charge is 0.347 e. The van der Waals surface area contributed by atoms with Crippen molar-refractivity contribution in [3.05, 3.63) is 52.0 Å². The van der Waals surface area contributed by atoms with E-state index in [1.54, 1.807) is 18.5 Å². The van der Waals surface area contributed by atoms with Crippen LogP contribution in [0.4, 0.5) is 0 Å². The molecule has 0 aliphatic carbocycles. The third-order valence-electron chi connectivity index (χ3n) is 2.29. The molecule has 2 rings (SSSR count). The topological polar surface area (TPSA) is 68.0 Å². The van der Waals surface area contributed by atoms with E-state index in [-0.39, 0.29) is 5.91 Å². The normalized spacial score (nSPS) is 10.2. The maximum atomic E-state index is 11.8. The van der Waals surface area contributed by atoms with Gasteiger partial charge in [-0.25, -0.2) is 0 Å². The first-order valence-electron chi connectivity index (χ1n) is 5.25. The second-order valence-corrected chi connectivity index (χ2v) is 4.68. The third kappa shape index (κ3) is 3.12. The number of carbonyl (C=O) groups excluding carboxylic acids is 1. The fourth-order valence-corrected chi connectivity index (χ4v) is 2.18. The van der Waals surface area contributed by atoms with E-state index < -0.39 is 0 Å². The van der Waals surface area contributed by atoms with Crippen LogP contribution in [0.2, 0.25) is 0 Å². The van der Waals surface area contributed by atoms with Crippen molar-refractivity contribution in [2.24, 2.45) is 5.73 Å². The molecule has 0 radical (unpaired) electrons. The third-order valence-corrected chi connectivity index (χ3v) is 3.40. The highest BCUT2D eigenvalue weighted by Crippen LogP contribution is 2.15. The number of nitrogens with one attached hydrogen (secondary N) is 1. The van der Waals surface area contributed by atoms with E-state index in [4.69, 9.17) is 5.73 Å². The summed E-state index contributed by atoms with van der Waals surface area (Å²) in [6, 6.07) is 7.43. The predicted octanol–water partition coefficient (Wildman–Crippen LogP) is 1.53. The highest BCUT2D eigenvalue weighted by atomic mass is 32.1. The molecule has 3 N–H and O–H groups in total. The number of hydrogen-bond acceptors (Lipinski definition) is 4. The Morgan fingerprint density at radius 3 is 2.71 bits per heavy atom. The van der Waals surface area contributed by atoms with Crippen LogP contribution in [0.3, 0.4) is 0 Å². The van der Waals surface area contributed by atoms with E-state index in [1.807, 2.05) is 18.2 Å². The number of carbonyl (C=O) groups is 1. The van der Waals surface area contributed by atoms with E-state index in [2.05, 4.69) is 10.3 Å². The Bertz CT molecular complexity index is 495. The molecular formula is C12H13N3OS. The van der Waals surface area contributed by atoms with Crippen molar-refractivity contribution >= 4 is 17.2 Å². The maximum absolute atomic E-state index is 11.8. The molecule has 0 fully saturated rings. The summed E-state index contributed by atoms with van der Waals surface area (Å²) in [7, 11) is 0. The van der Waals surface area contributed by atoms with Crippen LogP contribution in [-0.4, -0.2) is 10.9 Å². The van der Waals surface area contributed by atoms with Gasteiger partial charge in [-0.1, -0.05) is 0 Å². The molecule has 0 aliphatic rings. The highest BCUT2D eigenvalue weighted by Gasteiger charge is 2.07. The number of nitrogens with two attached hydrogens (primary N) is 1. The molecule has 4 nitrogen and oxygen atoms in total. The molecule has 2 aromatic rings. The Labute approximate surface area is 103 Å². The zero-order valence-corrected chi connectivity index (χ0v) is 10.0. The van der Waals surface area contributed by atoms with Crippen LogP contribution in [0.15, 0.2) is 36.7 Å². The van der Waals surface area contributed by atoms with Gasteiger partial charge >= 0.3 is 0 Å². The van der Waals surface area contributed by atoms with Crippen molar-refractivity contribution in [2.45, 2.75) is 13.1 Å². The Kier molecular flexibility index (Phi) is 3.85. The molecule has 0 saturated carbocycles. The minimum absolute atomic E-state index is 0.0634. The van der Waals surface area contributed by atoms with Crippen molar-refractivity contribution in [1.29, 1.82) is 0 Å². The summed E-state index contributed by atoms with van der Waals surface area (Å²) in [5.41, 5.74) is 6.53. The molecule has 88 valence electrons. The molecule has 17 heavy (non-hydrogen) atoms. The van der Waals surface area contributed by atoms with Crippen molar-refractivity contribution in [1.82, 2.24) is 10.3 Å². The smallest absolute Gasteiger partial charge is 0.261 e. The molecule has 0 atom stereocenters. The fourth-order valence-electron chi connectivity index (χ4n) is 1.38. The van der Waals surface area contributed by atoms with Gasteiger partial charge in [0.05, 0.1) is 4.88 Å². The first-order valence-corrected chi connectivity index (χ1v) is 6.07. The highest BCUT2D eigenvalue weighted by molar-refractivity contribution is 7.14. The molecule has 5 heteroatoms. The van der Waals surface area contributed by atoms with E-state index in [9.17, 15) is 4.79 Å². The average molecular weight is 247 g/mol. The van der Waals surface area contributed by atoms with Crippen LogP contribution < -0.4 is 11.1 Å². The SMILES string of the molecule is NCc1ccc(C(=O)NCc2ccncc2)s1. The van der Waals surface area contributed by atoms with Gasteiger partial charge < -0.3 is 11.1 Å². The average Bonchev–Trinajstić information content (AvgIpc) is 2.86. The van der Waals surface area contributed by atoms with Crippen LogP contribution in [-0.2, 0) is 13.1 Å². The quantitative estimate of drug-likeness (QED) is 0.861. The minimum Gasteiger partial charge on any atom is -0.347 e. The van der Waals surface area contributed by atoms with Crippen LogP contribution in [0, 0.1) is 0 Å². The molecule has 0 bridgehead atoms. The number of thiophene rings is 1. The number of amides is 1. The second-order valence-electron chi connectivity index (χ2n) is 3.51. The number of rotatable bonds is 4. The molecule has 2 heterocycles. The minimum atomic E-state index is -0.0634. The fraction of sp³-hybridized carbons (Fsp3) is 0.167. The van der Waals surface area contributed by atoms with Crippen LogP contribution in [0.25, 0.3) is 0 Å². The summed E-state index contributed by atoms with van der Waals surface area (Å²) in [5.74, 6) is -0.0634. The first kappa shape index (κ1) is 11.8. The van der Waals surface area contributed by atoms with Gasteiger partial charge in [-0.2, -0.15) is 0 Å². The Hall–Kier alpha value is -1.72. The molecule has 0 spiro atoms. The van der Waals surface area contributed by atoms with E-state index in [1.165, 1.54) is 11.3 Å². The first-order chi connectivity index (χ1) is 8.29. The van der Waals surface area contributed by atoms with Gasteiger partial charge in [0.25, 0.3) is 5.91 Å². The summed E-state index contributed by atoms with van der Waals surface area (Å²) in [4.78, 5) is 17.4. The lowest BCUT2D eigenvalue weighted by molar-refractivity contribution is 0.0955. The van der Waals surface area contributed by atoms with Gasteiger partial charge in [0.15, 0.2) is 0 Å². The molecular weight excluding hydrogens is 234 g/mol. The zero-order chi connectivity index (χ0) is 12.1. The summed E-state index contributed by atoms with van der Waals surface area (Å²) in [6.45, 7) is 0.986. The van der Waals surface area contributed by atoms with Crippen LogP contribution in [0.1, 0.15) is 20.1 Å². The maximum Gasteiger partial charge on any atom is 0.261 e. The summed E-state index contributed by atoms with van der Waals surface area (Å²) in [6.07, 6.45) is 3.41. The Balaban J connectivity index is 1.93. The number of pyridine rings is 1. The molecule has 0 unspecified atom stereocenters. The number of nitrogens with zero attached hydrogens (tertiary/aromatic N) is 1. The number of hydrogen-bond donors (Lipinski definition) is 2. The van der Waals surface area contributed by atoms with Gasteiger partial charge in [-0.05, 0) is 29.8 Å². The lowest BCUT2D eigenvalue weighted by atomic mass is 10.2. The summed E-state index contributed by atoms with van der Waals surface area (Å²) >= 11 is 1.43. The second kappa shape index (κ2) is 5.56. The zero-order valence-electron chi connectivity index (χ0n) is 9.22. The van der Waals surface area contributed by atoms with E-state index in [0.717, 1.165) is 10.4 Å².